The number of rotatable bonds is 4. The minimum atomic E-state index is 0.661. The lowest BCUT2D eigenvalue weighted by molar-refractivity contribution is 1.07. The van der Waals surface area contributed by atoms with E-state index in [9.17, 15) is 0 Å². The molecule has 0 spiro atoms. The Morgan fingerprint density at radius 1 is 0.318 bits per heavy atom. The number of aromatic nitrogens is 3. The van der Waals surface area contributed by atoms with Crippen LogP contribution < -0.4 is 0 Å². The largest absolute Gasteiger partial charge is 0.208 e. The molecular formula is C41H29N3. The van der Waals surface area contributed by atoms with Crippen LogP contribution in [-0.2, 0) is 0 Å². The van der Waals surface area contributed by atoms with Crippen molar-refractivity contribution in [3.63, 3.8) is 0 Å². The third kappa shape index (κ3) is 4.42. The Kier molecular flexibility index (Phi) is 6.23. The summed E-state index contributed by atoms with van der Waals surface area (Å²) < 4.78 is 0. The second-order valence-electron chi connectivity index (χ2n) is 11.4. The Labute approximate surface area is 256 Å². The molecule has 44 heavy (non-hydrogen) atoms. The normalized spacial score (nSPS) is 11.4. The first-order valence-corrected chi connectivity index (χ1v) is 15.0. The van der Waals surface area contributed by atoms with Gasteiger partial charge in [0.05, 0.1) is 0 Å². The summed E-state index contributed by atoms with van der Waals surface area (Å²) in [6.07, 6.45) is 0. The van der Waals surface area contributed by atoms with Gasteiger partial charge in [0.2, 0.25) is 0 Å². The Bertz CT molecular complexity index is 2280. The highest BCUT2D eigenvalue weighted by atomic mass is 15.0. The average Bonchev–Trinajstić information content (AvgIpc) is 3.09. The molecule has 208 valence electrons. The highest BCUT2D eigenvalue weighted by molar-refractivity contribution is 6.26. The molecule has 3 nitrogen and oxygen atoms in total. The van der Waals surface area contributed by atoms with E-state index in [0.717, 1.165) is 16.7 Å². The minimum Gasteiger partial charge on any atom is -0.208 e. The van der Waals surface area contributed by atoms with Crippen LogP contribution in [0.2, 0.25) is 0 Å². The number of nitrogens with zero attached hydrogens (tertiary/aromatic N) is 3. The molecule has 3 heteroatoms. The van der Waals surface area contributed by atoms with Crippen molar-refractivity contribution in [2.24, 2.45) is 0 Å². The molecule has 0 bridgehead atoms. The van der Waals surface area contributed by atoms with Gasteiger partial charge in [0.25, 0.3) is 0 Å². The van der Waals surface area contributed by atoms with Gasteiger partial charge in [0.15, 0.2) is 17.5 Å². The predicted octanol–water partition coefficient (Wildman–Crippen LogP) is 10.6. The first kappa shape index (κ1) is 26.0. The minimum absolute atomic E-state index is 0.661. The van der Waals surface area contributed by atoms with Crippen molar-refractivity contribution in [1.82, 2.24) is 15.0 Å². The first-order chi connectivity index (χ1) is 21.6. The quantitative estimate of drug-likeness (QED) is 0.200. The molecule has 0 unspecified atom stereocenters. The average molecular weight is 564 g/mol. The van der Waals surface area contributed by atoms with E-state index < -0.39 is 0 Å². The van der Waals surface area contributed by atoms with Gasteiger partial charge >= 0.3 is 0 Å². The summed E-state index contributed by atoms with van der Waals surface area (Å²) in [5.74, 6) is 1.99. The zero-order valence-corrected chi connectivity index (χ0v) is 24.6. The second kappa shape index (κ2) is 10.6. The molecule has 0 aliphatic carbocycles. The monoisotopic (exact) mass is 563 g/mol. The highest BCUT2D eigenvalue weighted by Gasteiger charge is 2.16. The molecule has 0 aliphatic heterocycles. The van der Waals surface area contributed by atoms with Crippen LogP contribution >= 0.6 is 0 Å². The molecule has 0 amide bonds. The summed E-state index contributed by atoms with van der Waals surface area (Å²) in [5, 5.41) is 7.68. The molecule has 7 aromatic carbocycles. The van der Waals surface area contributed by atoms with Crippen LogP contribution in [0.4, 0.5) is 0 Å². The van der Waals surface area contributed by atoms with Gasteiger partial charge < -0.3 is 0 Å². The van der Waals surface area contributed by atoms with E-state index in [1.807, 2.05) is 60.7 Å². The Hall–Kier alpha value is -5.67. The number of fused-ring (bicyclic) bond motifs is 6. The Balaban J connectivity index is 1.34. The van der Waals surface area contributed by atoms with Gasteiger partial charge in [-0.2, -0.15) is 0 Å². The maximum absolute atomic E-state index is 4.99. The standard InChI is InChI=1S/C41H29N3/c1-26-21-22-30(41-43-39(28-13-5-3-6-14-28)42-40(44-41)29-15-7-4-8-16-29)24-35(26)36-25-38-34-20-12-10-18-32(34)31-17-9-11-19-33(31)37(38)23-27(36)2/h3-25H,1-2H3. The molecule has 8 aromatic rings. The summed E-state index contributed by atoms with van der Waals surface area (Å²) in [5.41, 5.74) is 7.74. The van der Waals surface area contributed by atoms with E-state index in [4.69, 9.17) is 15.0 Å². The molecule has 0 saturated heterocycles. The van der Waals surface area contributed by atoms with Crippen molar-refractivity contribution in [2.45, 2.75) is 13.8 Å². The van der Waals surface area contributed by atoms with Crippen molar-refractivity contribution < 1.29 is 0 Å². The third-order valence-corrected chi connectivity index (χ3v) is 8.57. The molecule has 1 aromatic heterocycles. The summed E-state index contributed by atoms with van der Waals surface area (Å²) >= 11 is 0. The van der Waals surface area contributed by atoms with Crippen LogP contribution in [0, 0.1) is 13.8 Å². The SMILES string of the molecule is Cc1ccc(-c2nc(-c3ccccc3)nc(-c3ccccc3)n2)cc1-c1cc2c3ccccc3c3ccccc3c2cc1C. The number of benzene rings is 7. The second-order valence-corrected chi connectivity index (χ2v) is 11.4. The fourth-order valence-electron chi connectivity index (χ4n) is 6.34. The lowest BCUT2D eigenvalue weighted by Gasteiger charge is -2.16. The first-order valence-electron chi connectivity index (χ1n) is 15.0. The summed E-state index contributed by atoms with van der Waals surface area (Å²) in [7, 11) is 0. The molecule has 0 aliphatic rings. The third-order valence-electron chi connectivity index (χ3n) is 8.57. The molecule has 0 atom stereocenters. The van der Waals surface area contributed by atoms with Gasteiger partial charge in [0, 0.05) is 16.7 Å². The summed E-state index contributed by atoms with van der Waals surface area (Å²) in [6, 6.07) is 49.0. The Morgan fingerprint density at radius 3 is 1.25 bits per heavy atom. The van der Waals surface area contributed by atoms with Crippen molar-refractivity contribution in [3.8, 4) is 45.3 Å². The van der Waals surface area contributed by atoms with Crippen LogP contribution in [0.15, 0.2) is 140 Å². The smallest absolute Gasteiger partial charge is 0.164 e. The van der Waals surface area contributed by atoms with E-state index in [1.54, 1.807) is 0 Å². The molecule has 0 saturated carbocycles. The van der Waals surface area contributed by atoms with Gasteiger partial charge in [-0.25, -0.2) is 15.0 Å². The number of hydrogen-bond acceptors (Lipinski definition) is 3. The van der Waals surface area contributed by atoms with Gasteiger partial charge in [-0.3, -0.25) is 0 Å². The fraction of sp³-hybridized carbons (Fsp3) is 0.0488. The molecule has 8 rings (SSSR count). The van der Waals surface area contributed by atoms with Crippen LogP contribution in [0.3, 0.4) is 0 Å². The van der Waals surface area contributed by atoms with E-state index >= 15 is 0 Å². The van der Waals surface area contributed by atoms with Gasteiger partial charge in [-0.15, -0.1) is 0 Å². The summed E-state index contributed by atoms with van der Waals surface area (Å²) in [4.78, 5) is 14.9. The zero-order chi connectivity index (χ0) is 29.6. The lowest BCUT2D eigenvalue weighted by atomic mass is 9.88. The van der Waals surface area contributed by atoms with Crippen molar-refractivity contribution in [2.75, 3.05) is 0 Å². The van der Waals surface area contributed by atoms with E-state index in [0.29, 0.717) is 17.5 Å². The highest BCUT2D eigenvalue weighted by Crippen LogP contribution is 2.40. The molecular weight excluding hydrogens is 534 g/mol. The Morgan fingerprint density at radius 2 is 0.727 bits per heavy atom. The summed E-state index contributed by atoms with van der Waals surface area (Å²) in [6.45, 7) is 4.40. The van der Waals surface area contributed by atoms with Crippen LogP contribution in [0.1, 0.15) is 11.1 Å². The van der Waals surface area contributed by atoms with Gasteiger partial charge in [-0.05, 0) is 80.6 Å². The van der Waals surface area contributed by atoms with Gasteiger partial charge in [0.1, 0.15) is 0 Å². The zero-order valence-electron chi connectivity index (χ0n) is 24.6. The van der Waals surface area contributed by atoms with E-state index in [-0.39, 0.29) is 0 Å². The fourth-order valence-corrected chi connectivity index (χ4v) is 6.34. The topological polar surface area (TPSA) is 38.7 Å². The van der Waals surface area contributed by atoms with Gasteiger partial charge in [-0.1, -0.05) is 127 Å². The predicted molar refractivity (Wildman–Crippen MR) is 184 cm³/mol. The number of aryl methyl sites for hydroxylation is 2. The van der Waals surface area contributed by atoms with Crippen LogP contribution in [0.25, 0.3) is 77.6 Å². The van der Waals surface area contributed by atoms with Crippen molar-refractivity contribution in [3.05, 3.63) is 151 Å². The van der Waals surface area contributed by atoms with E-state index in [2.05, 4.69) is 92.7 Å². The van der Waals surface area contributed by atoms with Crippen molar-refractivity contribution in [1.29, 1.82) is 0 Å². The molecule has 0 fully saturated rings. The van der Waals surface area contributed by atoms with Crippen LogP contribution in [0.5, 0.6) is 0 Å². The molecule has 1 heterocycles. The van der Waals surface area contributed by atoms with Crippen LogP contribution in [-0.4, -0.2) is 15.0 Å². The lowest BCUT2D eigenvalue weighted by Crippen LogP contribution is -2.00. The maximum Gasteiger partial charge on any atom is 0.164 e. The molecule has 0 N–H and O–H groups in total. The maximum atomic E-state index is 4.99. The molecule has 0 radical (unpaired) electrons. The number of hydrogen-bond donors (Lipinski definition) is 0. The van der Waals surface area contributed by atoms with E-state index in [1.165, 1.54) is 54.6 Å². The van der Waals surface area contributed by atoms with Crippen molar-refractivity contribution >= 4 is 32.3 Å².